The average molecular weight is 284 g/mol. The molecule has 2 aromatic carbocycles. The summed E-state index contributed by atoms with van der Waals surface area (Å²) in [6, 6.07) is 10.9. The molecule has 0 amide bonds. The molecule has 2 rings (SSSR count). The average Bonchev–Trinajstić information content (AvgIpc) is 2.35. The van der Waals surface area contributed by atoms with Crippen LogP contribution in [0.2, 0.25) is 0 Å². The van der Waals surface area contributed by atoms with E-state index in [2.05, 4.69) is 4.52 Å². The largest absolute Gasteiger partial charge is 0.524 e. The third-order valence-electron chi connectivity index (χ3n) is 2.38. The van der Waals surface area contributed by atoms with Gasteiger partial charge in [-0.1, -0.05) is 30.3 Å². The molecule has 0 bridgehead atoms. The molecule has 0 radical (unpaired) electrons. The number of phenolic OH excluding ortho intramolecular Hbond substituents is 1. The van der Waals surface area contributed by atoms with Crippen molar-refractivity contribution in [1.29, 1.82) is 0 Å². The summed E-state index contributed by atoms with van der Waals surface area (Å²) in [5, 5.41) is 9.72. The van der Waals surface area contributed by atoms with Crippen LogP contribution in [0.25, 0.3) is 11.1 Å². The van der Waals surface area contributed by atoms with Gasteiger partial charge in [0.15, 0.2) is 11.5 Å². The van der Waals surface area contributed by atoms with Crippen molar-refractivity contribution < 1.29 is 28.4 Å². The Morgan fingerprint density at radius 2 is 1.68 bits per heavy atom. The van der Waals surface area contributed by atoms with Crippen LogP contribution >= 0.6 is 7.82 Å². The third kappa shape index (κ3) is 3.12. The fourth-order valence-corrected chi connectivity index (χ4v) is 1.99. The van der Waals surface area contributed by atoms with Crippen molar-refractivity contribution in [2.24, 2.45) is 0 Å². The molecule has 0 fully saturated rings. The Hall–Kier alpha value is -1.88. The summed E-state index contributed by atoms with van der Waals surface area (Å²) in [5.74, 6) is -2.65. The molecule has 0 aliphatic heterocycles. The number of rotatable bonds is 3. The van der Waals surface area contributed by atoms with E-state index in [0.717, 1.165) is 6.07 Å². The zero-order chi connectivity index (χ0) is 14.0. The fraction of sp³-hybridized carbons (Fsp3) is 0. The summed E-state index contributed by atoms with van der Waals surface area (Å²) in [7, 11) is -4.87. The van der Waals surface area contributed by atoms with Crippen LogP contribution in [0, 0.1) is 5.82 Å². The van der Waals surface area contributed by atoms with Gasteiger partial charge in [-0.05, 0) is 17.7 Å². The highest BCUT2D eigenvalue weighted by Gasteiger charge is 2.22. The Labute approximate surface area is 108 Å². The molecule has 0 heterocycles. The van der Waals surface area contributed by atoms with Crippen LogP contribution < -0.4 is 4.52 Å². The lowest BCUT2D eigenvalue weighted by Crippen LogP contribution is -1.94. The Balaban J connectivity index is 2.47. The second-order valence-electron chi connectivity index (χ2n) is 3.72. The van der Waals surface area contributed by atoms with Crippen molar-refractivity contribution in [3.8, 4) is 22.6 Å². The highest BCUT2D eigenvalue weighted by Crippen LogP contribution is 2.43. The lowest BCUT2D eigenvalue weighted by Gasteiger charge is -2.11. The van der Waals surface area contributed by atoms with Crippen LogP contribution in [0.5, 0.6) is 11.5 Å². The van der Waals surface area contributed by atoms with Crippen LogP contribution in [0.3, 0.4) is 0 Å². The molecule has 5 nitrogen and oxygen atoms in total. The molecule has 0 spiro atoms. The predicted molar refractivity (Wildman–Crippen MR) is 66.2 cm³/mol. The van der Waals surface area contributed by atoms with Crippen LogP contribution in [0.15, 0.2) is 42.5 Å². The number of aromatic hydroxyl groups is 1. The zero-order valence-corrected chi connectivity index (χ0v) is 10.4. The number of hydrogen-bond donors (Lipinski definition) is 3. The highest BCUT2D eigenvalue weighted by molar-refractivity contribution is 7.46. The van der Waals surface area contributed by atoms with Crippen LogP contribution in [0.1, 0.15) is 0 Å². The monoisotopic (exact) mass is 284 g/mol. The number of phosphoric acid groups is 1. The molecular weight excluding hydrogens is 274 g/mol. The number of halogens is 1. The van der Waals surface area contributed by atoms with E-state index in [0.29, 0.717) is 5.56 Å². The Bertz CT molecular complexity index is 638. The molecule has 0 saturated carbocycles. The van der Waals surface area contributed by atoms with E-state index in [9.17, 15) is 14.1 Å². The highest BCUT2D eigenvalue weighted by atomic mass is 31.2. The SMILES string of the molecule is O=P(O)(O)Oc1ccc(-c2ccccc2)c(O)c1F. The number of hydrogen-bond acceptors (Lipinski definition) is 3. The lowest BCUT2D eigenvalue weighted by atomic mass is 10.0. The minimum absolute atomic E-state index is 0.205. The summed E-state index contributed by atoms with van der Waals surface area (Å²) < 4.78 is 28.5. The maximum atomic E-state index is 13.8. The van der Waals surface area contributed by atoms with Crippen molar-refractivity contribution in [3.05, 3.63) is 48.3 Å². The van der Waals surface area contributed by atoms with Crippen molar-refractivity contribution in [2.75, 3.05) is 0 Å². The van der Waals surface area contributed by atoms with Gasteiger partial charge in [-0.2, -0.15) is 4.39 Å². The first kappa shape index (κ1) is 13.5. The molecule has 0 aromatic heterocycles. The third-order valence-corrected chi connectivity index (χ3v) is 2.82. The van der Waals surface area contributed by atoms with Crippen molar-refractivity contribution >= 4 is 7.82 Å². The second-order valence-corrected chi connectivity index (χ2v) is 4.89. The molecule has 19 heavy (non-hydrogen) atoms. The summed E-state index contributed by atoms with van der Waals surface area (Å²) in [4.78, 5) is 17.2. The van der Waals surface area contributed by atoms with E-state index >= 15 is 0 Å². The van der Waals surface area contributed by atoms with Crippen LogP contribution in [0.4, 0.5) is 4.39 Å². The van der Waals surface area contributed by atoms with Crippen molar-refractivity contribution in [1.82, 2.24) is 0 Å². The van der Waals surface area contributed by atoms with Gasteiger partial charge in [0.1, 0.15) is 0 Å². The normalized spacial score (nSPS) is 11.3. The van der Waals surface area contributed by atoms with Crippen molar-refractivity contribution in [2.45, 2.75) is 0 Å². The summed E-state index contributed by atoms with van der Waals surface area (Å²) in [6.45, 7) is 0. The molecule has 0 aliphatic carbocycles. The van der Waals surface area contributed by atoms with Crippen LogP contribution in [-0.4, -0.2) is 14.9 Å². The quantitative estimate of drug-likeness (QED) is 0.754. The van der Waals surface area contributed by atoms with E-state index in [1.54, 1.807) is 30.3 Å². The van der Waals surface area contributed by atoms with Gasteiger partial charge in [0, 0.05) is 5.56 Å². The number of benzene rings is 2. The van der Waals surface area contributed by atoms with Crippen molar-refractivity contribution in [3.63, 3.8) is 0 Å². The summed E-state index contributed by atoms with van der Waals surface area (Å²) in [6.07, 6.45) is 0. The zero-order valence-electron chi connectivity index (χ0n) is 9.52. The minimum Gasteiger partial charge on any atom is -0.504 e. The predicted octanol–water partition coefficient (Wildman–Crippen LogP) is 2.67. The first-order chi connectivity index (χ1) is 8.88. The lowest BCUT2D eigenvalue weighted by molar-refractivity contribution is 0.276. The molecule has 0 saturated heterocycles. The van der Waals surface area contributed by atoms with E-state index in [1.165, 1.54) is 6.07 Å². The number of phosphoric ester groups is 1. The Kier molecular flexibility index (Phi) is 3.57. The van der Waals surface area contributed by atoms with Gasteiger partial charge in [0.2, 0.25) is 5.82 Å². The topological polar surface area (TPSA) is 87.0 Å². The van der Waals surface area contributed by atoms with Gasteiger partial charge in [0.05, 0.1) is 0 Å². The molecular formula is C12H10FO5P. The molecule has 2 aromatic rings. The molecule has 3 N–H and O–H groups in total. The molecule has 0 unspecified atom stereocenters. The molecule has 0 aliphatic rings. The maximum absolute atomic E-state index is 13.8. The van der Waals surface area contributed by atoms with E-state index in [1.807, 2.05) is 0 Å². The first-order valence-corrected chi connectivity index (χ1v) is 6.73. The van der Waals surface area contributed by atoms with Gasteiger partial charge < -0.3 is 9.63 Å². The van der Waals surface area contributed by atoms with Gasteiger partial charge in [-0.3, -0.25) is 9.79 Å². The summed E-state index contributed by atoms with van der Waals surface area (Å²) in [5.41, 5.74) is 0.776. The van der Waals surface area contributed by atoms with Gasteiger partial charge >= 0.3 is 7.82 Å². The van der Waals surface area contributed by atoms with E-state index in [4.69, 9.17) is 9.79 Å². The van der Waals surface area contributed by atoms with E-state index in [-0.39, 0.29) is 5.56 Å². The smallest absolute Gasteiger partial charge is 0.504 e. The summed E-state index contributed by atoms with van der Waals surface area (Å²) >= 11 is 0. The molecule has 7 heteroatoms. The van der Waals surface area contributed by atoms with Gasteiger partial charge in [0.25, 0.3) is 0 Å². The van der Waals surface area contributed by atoms with E-state index < -0.39 is 25.1 Å². The Morgan fingerprint density at radius 3 is 2.26 bits per heavy atom. The maximum Gasteiger partial charge on any atom is 0.524 e. The Morgan fingerprint density at radius 1 is 1.05 bits per heavy atom. The van der Waals surface area contributed by atoms with Gasteiger partial charge in [-0.25, -0.2) is 4.57 Å². The van der Waals surface area contributed by atoms with Gasteiger partial charge in [-0.15, -0.1) is 0 Å². The second kappa shape index (κ2) is 5.01. The number of phenols is 1. The molecule has 0 atom stereocenters. The fourth-order valence-electron chi connectivity index (χ4n) is 1.60. The molecule has 100 valence electrons. The standard InChI is InChI=1S/C12H10FO5P/c13-11-10(18-19(15,16)17)7-6-9(12(11)14)8-4-2-1-3-5-8/h1-7,14H,(H2,15,16,17). The first-order valence-electron chi connectivity index (χ1n) is 5.20. The minimum atomic E-state index is -4.87. The van der Waals surface area contributed by atoms with Crippen LogP contribution in [-0.2, 0) is 4.57 Å².